The molecule has 0 fully saturated rings. The van der Waals surface area contributed by atoms with Gasteiger partial charge in [0.15, 0.2) is 5.82 Å². The molecule has 0 amide bonds. The Kier molecular flexibility index (Phi) is 3.72. The van der Waals surface area contributed by atoms with E-state index in [1.165, 1.54) is 8.45 Å². The maximum absolute atomic E-state index is 5.84. The van der Waals surface area contributed by atoms with E-state index >= 15 is 0 Å². The predicted molar refractivity (Wildman–Crippen MR) is 108 cm³/mol. The maximum Gasteiger partial charge on any atom is 0.187 e. The molecule has 0 bridgehead atoms. The van der Waals surface area contributed by atoms with Crippen LogP contribution in [0.5, 0.6) is 0 Å². The molecule has 4 rings (SSSR count). The van der Waals surface area contributed by atoms with Crippen molar-refractivity contribution >= 4 is 58.6 Å². The van der Waals surface area contributed by atoms with Crippen molar-refractivity contribution in [3.8, 4) is 5.00 Å². The summed E-state index contributed by atoms with van der Waals surface area (Å²) in [6.45, 7) is 8.17. The Morgan fingerprint density at radius 1 is 1.17 bits per heavy atom. The van der Waals surface area contributed by atoms with Gasteiger partial charge in [0.1, 0.15) is 24.4 Å². The summed E-state index contributed by atoms with van der Waals surface area (Å²) >= 11 is 4.09. The Hall–Kier alpha value is -1.74. The molecule has 2 radical (unpaired) electrons. The molecule has 0 unspecified atom stereocenters. The molecular weight excluding hydrogens is 430 g/mol. The molecule has 0 saturated heterocycles. The highest BCUT2D eigenvalue weighted by Crippen LogP contribution is 2.38. The zero-order valence-electron chi connectivity index (χ0n) is 13.2. The van der Waals surface area contributed by atoms with E-state index in [1.807, 2.05) is 35.8 Å². The number of aromatic nitrogens is 3. The fourth-order valence-electron chi connectivity index (χ4n) is 2.79. The van der Waals surface area contributed by atoms with Crippen LogP contribution in [0.3, 0.4) is 0 Å². The van der Waals surface area contributed by atoms with Crippen molar-refractivity contribution in [1.29, 1.82) is 0 Å². The minimum absolute atomic E-state index is 0.611. The molecule has 1 aliphatic heterocycles. The van der Waals surface area contributed by atoms with Gasteiger partial charge < -0.3 is 0 Å². The third kappa shape index (κ3) is 2.29. The van der Waals surface area contributed by atoms with Crippen molar-refractivity contribution in [3.63, 3.8) is 0 Å². The summed E-state index contributed by atoms with van der Waals surface area (Å²) in [5, 5.41) is 9.56. The SMILES string of the molecule is [B]c1ccc(C2=NC(=C)c3nnc(C)n3-c3sc(I)c(C)c32)cc1. The standard InChI is InChI=1S/C17H12BIN4S/c1-8-13-14(11-4-6-12(18)7-5-11)20-9(2)16-22-21-10(3)23(16)17(13)24-15(8)19/h4-7H,2H2,1,3H3. The molecule has 116 valence electrons. The summed E-state index contributed by atoms with van der Waals surface area (Å²) in [7, 11) is 5.84. The van der Waals surface area contributed by atoms with E-state index in [1.54, 1.807) is 11.3 Å². The molecule has 2 aromatic heterocycles. The van der Waals surface area contributed by atoms with Crippen LogP contribution in [-0.4, -0.2) is 28.3 Å². The highest BCUT2D eigenvalue weighted by molar-refractivity contribution is 14.1. The molecule has 0 atom stereocenters. The smallest absolute Gasteiger partial charge is 0.187 e. The van der Waals surface area contributed by atoms with Crippen LogP contribution in [0.4, 0.5) is 0 Å². The molecule has 3 heterocycles. The molecule has 24 heavy (non-hydrogen) atoms. The van der Waals surface area contributed by atoms with Crippen LogP contribution in [0.15, 0.2) is 35.8 Å². The molecule has 4 nitrogen and oxygen atoms in total. The second-order valence-electron chi connectivity index (χ2n) is 5.62. The van der Waals surface area contributed by atoms with Crippen molar-refractivity contribution < 1.29 is 0 Å². The Bertz CT molecular complexity index is 1010. The largest absolute Gasteiger partial charge is 0.268 e. The number of thiophene rings is 1. The Morgan fingerprint density at radius 2 is 1.88 bits per heavy atom. The van der Waals surface area contributed by atoms with Crippen LogP contribution >= 0.6 is 33.9 Å². The van der Waals surface area contributed by atoms with Gasteiger partial charge >= 0.3 is 0 Å². The van der Waals surface area contributed by atoms with Gasteiger partial charge in [0.25, 0.3) is 0 Å². The zero-order chi connectivity index (χ0) is 17.0. The topological polar surface area (TPSA) is 43.1 Å². The molecule has 0 aliphatic carbocycles. The molecular formula is C17H12BIN4S. The minimum atomic E-state index is 0.611. The first-order valence-electron chi connectivity index (χ1n) is 7.33. The average Bonchev–Trinajstić information content (AvgIpc) is 3.03. The fourth-order valence-corrected chi connectivity index (χ4v) is 4.77. The summed E-state index contributed by atoms with van der Waals surface area (Å²) in [5.74, 6) is 1.52. The fraction of sp³-hybridized carbons (Fsp3) is 0.118. The number of hydrogen-bond acceptors (Lipinski definition) is 4. The van der Waals surface area contributed by atoms with Crippen LogP contribution < -0.4 is 5.46 Å². The van der Waals surface area contributed by atoms with Crippen LogP contribution in [0.2, 0.25) is 0 Å². The number of hydrogen-bond donors (Lipinski definition) is 0. The highest BCUT2D eigenvalue weighted by Gasteiger charge is 2.28. The van der Waals surface area contributed by atoms with E-state index in [2.05, 4.69) is 46.3 Å². The predicted octanol–water partition coefficient (Wildman–Crippen LogP) is 3.17. The van der Waals surface area contributed by atoms with Gasteiger partial charge in [0.2, 0.25) is 0 Å². The summed E-state index contributed by atoms with van der Waals surface area (Å²) in [6, 6.07) is 7.77. The van der Waals surface area contributed by atoms with Gasteiger partial charge in [0, 0.05) is 11.1 Å². The van der Waals surface area contributed by atoms with E-state index in [9.17, 15) is 0 Å². The van der Waals surface area contributed by atoms with E-state index in [0.29, 0.717) is 11.5 Å². The molecule has 7 heteroatoms. The summed E-state index contributed by atoms with van der Waals surface area (Å²) in [5.41, 5.74) is 5.57. The normalized spacial score (nSPS) is 13.3. The van der Waals surface area contributed by atoms with Crippen molar-refractivity contribution in [2.75, 3.05) is 0 Å². The lowest BCUT2D eigenvalue weighted by atomic mass is 9.93. The lowest BCUT2D eigenvalue weighted by Crippen LogP contribution is -2.09. The number of aryl methyl sites for hydroxylation is 1. The van der Waals surface area contributed by atoms with Gasteiger partial charge in [-0.2, -0.15) is 0 Å². The van der Waals surface area contributed by atoms with Crippen molar-refractivity contribution in [1.82, 2.24) is 14.8 Å². The monoisotopic (exact) mass is 442 g/mol. The number of aliphatic imine (C=N–C) groups is 1. The number of halogens is 1. The van der Waals surface area contributed by atoms with E-state index in [4.69, 9.17) is 12.8 Å². The molecule has 0 saturated carbocycles. The van der Waals surface area contributed by atoms with Crippen LogP contribution in [0.1, 0.15) is 28.3 Å². The van der Waals surface area contributed by atoms with Gasteiger partial charge in [-0.1, -0.05) is 36.3 Å². The lowest BCUT2D eigenvalue weighted by Gasteiger charge is -2.09. The quantitative estimate of drug-likeness (QED) is 0.430. The lowest BCUT2D eigenvalue weighted by molar-refractivity contribution is 0.977. The first kappa shape index (κ1) is 15.8. The Balaban J connectivity index is 2.06. The van der Waals surface area contributed by atoms with Gasteiger partial charge in [-0.15, -0.1) is 21.5 Å². The molecule has 0 N–H and O–H groups in total. The molecule has 0 spiro atoms. The van der Waals surface area contributed by atoms with E-state index in [0.717, 1.165) is 33.1 Å². The minimum Gasteiger partial charge on any atom is -0.268 e. The number of benzene rings is 1. The van der Waals surface area contributed by atoms with Crippen molar-refractivity contribution in [2.24, 2.45) is 4.99 Å². The summed E-state index contributed by atoms with van der Waals surface area (Å²) < 4.78 is 3.28. The summed E-state index contributed by atoms with van der Waals surface area (Å²) in [4.78, 5) is 4.81. The molecule has 1 aromatic carbocycles. The van der Waals surface area contributed by atoms with E-state index < -0.39 is 0 Å². The van der Waals surface area contributed by atoms with Crippen molar-refractivity contribution in [3.05, 3.63) is 62.1 Å². The zero-order valence-corrected chi connectivity index (χ0v) is 16.1. The highest BCUT2D eigenvalue weighted by atomic mass is 127. The van der Waals surface area contributed by atoms with Crippen molar-refractivity contribution in [2.45, 2.75) is 13.8 Å². The number of nitrogens with zero attached hydrogens (tertiary/aromatic N) is 4. The summed E-state index contributed by atoms with van der Waals surface area (Å²) in [6.07, 6.45) is 0. The van der Waals surface area contributed by atoms with Gasteiger partial charge in [0.05, 0.1) is 8.60 Å². The second-order valence-corrected chi connectivity index (χ2v) is 8.43. The third-order valence-corrected chi connectivity index (χ3v) is 6.56. The molecule has 3 aromatic rings. The van der Waals surface area contributed by atoms with Gasteiger partial charge in [-0.25, -0.2) is 4.99 Å². The van der Waals surface area contributed by atoms with Gasteiger partial charge in [-0.05, 0) is 42.0 Å². The third-order valence-electron chi connectivity index (χ3n) is 4.02. The Morgan fingerprint density at radius 3 is 2.58 bits per heavy atom. The Labute approximate surface area is 158 Å². The van der Waals surface area contributed by atoms with Crippen LogP contribution in [0.25, 0.3) is 10.7 Å². The van der Waals surface area contributed by atoms with Gasteiger partial charge in [-0.3, -0.25) is 4.57 Å². The maximum atomic E-state index is 5.84. The number of fused-ring (bicyclic) bond motifs is 3. The average molecular weight is 442 g/mol. The van der Waals surface area contributed by atoms with Crippen LogP contribution in [0, 0.1) is 16.7 Å². The number of rotatable bonds is 1. The molecule has 1 aliphatic rings. The van der Waals surface area contributed by atoms with Crippen LogP contribution in [-0.2, 0) is 0 Å². The second kappa shape index (κ2) is 5.66. The first-order valence-corrected chi connectivity index (χ1v) is 9.22. The van der Waals surface area contributed by atoms with E-state index in [-0.39, 0.29) is 0 Å². The first-order chi connectivity index (χ1) is 11.5.